The summed E-state index contributed by atoms with van der Waals surface area (Å²) in [6.45, 7) is 1.98. The van der Waals surface area contributed by atoms with Gasteiger partial charge in [0, 0.05) is 31.0 Å². The van der Waals surface area contributed by atoms with Crippen LogP contribution in [-0.4, -0.2) is 59.5 Å². The first-order valence-corrected chi connectivity index (χ1v) is 13.4. The zero-order valence-electron chi connectivity index (χ0n) is 20.7. The van der Waals surface area contributed by atoms with Crippen LogP contribution < -0.4 is 5.32 Å². The molecule has 0 bridgehead atoms. The Morgan fingerprint density at radius 1 is 1.24 bits per heavy atom. The number of sulfone groups is 1. The van der Waals surface area contributed by atoms with Gasteiger partial charge in [-0.2, -0.15) is 8.78 Å². The molecule has 9 nitrogen and oxygen atoms in total. The van der Waals surface area contributed by atoms with Gasteiger partial charge in [0.15, 0.2) is 0 Å². The Labute approximate surface area is 211 Å². The molecule has 4 rings (SSSR count). The molecule has 1 aromatic carbocycles. The van der Waals surface area contributed by atoms with Crippen molar-refractivity contribution in [3.8, 4) is 0 Å². The zero-order valence-corrected chi connectivity index (χ0v) is 21.5. The number of alkyl carbamates (subject to hydrolysis) is 1. The van der Waals surface area contributed by atoms with E-state index in [0.717, 1.165) is 24.5 Å². The number of carbonyl (C=O) groups is 1. The number of aromatic nitrogens is 2. The highest BCUT2D eigenvalue weighted by molar-refractivity contribution is 7.90. The normalized spacial score (nSPS) is 22.8. The Hall–Kier alpha value is -2.71. The summed E-state index contributed by atoms with van der Waals surface area (Å²) in [6.07, 6.45) is -0.807. The fraction of sp³-hybridized carbons (Fsp3) is 0.565. The van der Waals surface area contributed by atoms with Gasteiger partial charge in [-0.15, -0.1) is 0 Å². The summed E-state index contributed by atoms with van der Waals surface area (Å²) in [7, 11) is -3.98. The van der Waals surface area contributed by atoms with Crippen molar-refractivity contribution in [3.63, 3.8) is 0 Å². The molecule has 1 amide bonds. The van der Waals surface area contributed by atoms with Crippen molar-refractivity contribution < 1.29 is 40.2 Å². The number of rotatable bonds is 5. The van der Waals surface area contributed by atoms with Gasteiger partial charge < -0.3 is 14.8 Å². The molecular formula is C23H28F4N4O5S. The number of benzene rings is 1. The molecule has 0 unspecified atom stereocenters. The van der Waals surface area contributed by atoms with Crippen molar-refractivity contribution in [2.24, 2.45) is 0 Å². The van der Waals surface area contributed by atoms with Crippen molar-refractivity contribution in [2.75, 3.05) is 12.9 Å². The van der Waals surface area contributed by atoms with E-state index in [4.69, 9.17) is 9.47 Å². The van der Waals surface area contributed by atoms with Crippen molar-refractivity contribution >= 4 is 15.9 Å². The lowest BCUT2D eigenvalue weighted by Crippen LogP contribution is -2.52. The molecule has 0 radical (unpaired) electrons. The fourth-order valence-corrected chi connectivity index (χ4v) is 5.47. The third kappa shape index (κ3) is 5.91. The predicted octanol–water partition coefficient (Wildman–Crippen LogP) is 3.70. The largest absolute Gasteiger partial charge is 0.444 e. The smallest absolute Gasteiger partial charge is 0.407 e. The van der Waals surface area contributed by atoms with Crippen LogP contribution >= 0.6 is 0 Å². The number of halogens is 4. The quantitative estimate of drug-likeness (QED) is 0.569. The van der Waals surface area contributed by atoms with E-state index in [2.05, 4.69) is 10.3 Å². The van der Waals surface area contributed by atoms with Crippen LogP contribution in [0, 0.1) is 11.6 Å². The average molecular weight is 549 g/mol. The monoisotopic (exact) mass is 548 g/mol. The van der Waals surface area contributed by atoms with Crippen molar-refractivity contribution in [1.29, 1.82) is 0 Å². The molecule has 2 aliphatic rings. The molecule has 2 aliphatic heterocycles. The average Bonchev–Trinajstić information content (AvgIpc) is 3.32. The van der Waals surface area contributed by atoms with Crippen LogP contribution in [0.1, 0.15) is 56.8 Å². The van der Waals surface area contributed by atoms with Crippen LogP contribution in [0.15, 0.2) is 23.4 Å². The van der Waals surface area contributed by atoms with Crippen LogP contribution in [0.2, 0.25) is 0 Å². The Balaban J connectivity index is 1.58. The zero-order chi connectivity index (χ0) is 27.3. The molecule has 14 heteroatoms. The van der Waals surface area contributed by atoms with E-state index in [9.17, 15) is 30.8 Å². The van der Waals surface area contributed by atoms with E-state index in [-0.39, 0.29) is 43.1 Å². The number of nitrogens with one attached hydrogen (secondary N) is 1. The molecule has 0 spiro atoms. The van der Waals surface area contributed by atoms with Crippen LogP contribution in [0.3, 0.4) is 0 Å². The van der Waals surface area contributed by atoms with Gasteiger partial charge in [0.2, 0.25) is 15.0 Å². The van der Waals surface area contributed by atoms with Crippen LogP contribution in [0.5, 0.6) is 0 Å². The van der Waals surface area contributed by atoms with Gasteiger partial charge in [-0.25, -0.2) is 27.0 Å². The van der Waals surface area contributed by atoms with Gasteiger partial charge in [-0.3, -0.25) is 9.47 Å². The van der Waals surface area contributed by atoms with E-state index in [1.807, 2.05) is 0 Å². The molecule has 3 heterocycles. The number of nitrogens with zero attached hydrogens (tertiary/aromatic N) is 3. The maximum absolute atomic E-state index is 14.6. The number of hydrogen-bond acceptors (Lipinski definition) is 7. The van der Waals surface area contributed by atoms with E-state index < -0.39 is 63.1 Å². The lowest BCUT2D eigenvalue weighted by atomic mass is 9.92. The third-order valence-electron chi connectivity index (χ3n) is 6.14. The SMILES string of the molecule is CC(C)(C)OC(=O)N[C@H]1C[C@@H](N2Cc3nc(S(C)(=O)=O)n(C(F)F)c3C2)CO[C@@H]1c1cc(F)ccc1F. The van der Waals surface area contributed by atoms with E-state index in [0.29, 0.717) is 4.57 Å². The molecule has 1 N–H and O–H groups in total. The minimum Gasteiger partial charge on any atom is -0.444 e. The number of imidazole rings is 1. The number of ether oxygens (including phenoxy) is 2. The van der Waals surface area contributed by atoms with Gasteiger partial charge in [-0.1, -0.05) is 0 Å². The summed E-state index contributed by atoms with van der Waals surface area (Å²) in [6, 6.07) is 1.66. The molecule has 0 aliphatic carbocycles. The molecule has 1 aromatic heterocycles. The second-order valence-corrected chi connectivity index (χ2v) is 12.1. The van der Waals surface area contributed by atoms with Gasteiger partial charge >= 0.3 is 12.6 Å². The van der Waals surface area contributed by atoms with Crippen molar-refractivity contribution in [3.05, 3.63) is 46.8 Å². The predicted molar refractivity (Wildman–Crippen MR) is 122 cm³/mol. The fourth-order valence-electron chi connectivity index (χ4n) is 4.65. The van der Waals surface area contributed by atoms with Gasteiger partial charge in [-0.05, 0) is 45.4 Å². The number of fused-ring (bicyclic) bond motifs is 1. The van der Waals surface area contributed by atoms with Gasteiger partial charge in [0.05, 0.1) is 24.0 Å². The Kier molecular flexibility index (Phi) is 7.29. The van der Waals surface area contributed by atoms with Crippen LogP contribution in [0.4, 0.5) is 22.4 Å². The molecule has 2 aromatic rings. The summed E-state index contributed by atoms with van der Waals surface area (Å²) < 4.78 is 91.6. The molecule has 1 saturated heterocycles. The van der Waals surface area contributed by atoms with E-state index in [1.165, 1.54) is 0 Å². The van der Waals surface area contributed by atoms with E-state index in [1.54, 1.807) is 25.7 Å². The second-order valence-electron chi connectivity index (χ2n) is 10.2. The summed E-state index contributed by atoms with van der Waals surface area (Å²) in [4.78, 5) is 18.3. The topological polar surface area (TPSA) is 103 Å². The molecule has 37 heavy (non-hydrogen) atoms. The first-order valence-electron chi connectivity index (χ1n) is 11.5. The van der Waals surface area contributed by atoms with Gasteiger partial charge in [0.25, 0.3) is 0 Å². The highest BCUT2D eigenvalue weighted by Crippen LogP contribution is 2.37. The molecule has 0 saturated carbocycles. The minimum atomic E-state index is -3.98. The van der Waals surface area contributed by atoms with Crippen LogP contribution in [0.25, 0.3) is 0 Å². The molecular weight excluding hydrogens is 520 g/mol. The highest BCUT2D eigenvalue weighted by Gasteiger charge is 2.41. The summed E-state index contributed by atoms with van der Waals surface area (Å²) in [5.74, 6) is -1.39. The summed E-state index contributed by atoms with van der Waals surface area (Å²) in [5, 5.41) is 1.98. The highest BCUT2D eigenvalue weighted by atomic mass is 32.2. The van der Waals surface area contributed by atoms with Crippen molar-refractivity contribution in [2.45, 2.75) is 75.8 Å². The summed E-state index contributed by atoms with van der Waals surface area (Å²) >= 11 is 0. The lowest BCUT2D eigenvalue weighted by Gasteiger charge is -2.40. The minimum absolute atomic E-state index is 0.0189. The maximum Gasteiger partial charge on any atom is 0.407 e. The van der Waals surface area contributed by atoms with Gasteiger partial charge in [0.1, 0.15) is 23.3 Å². The first-order chi connectivity index (χ1) is 17.1. The summed E-state index contributed by atoms with van der Waals surface area (Å²) in [5.41, 5.74) is -0.610. The number of alkyl halides is 2. The number of hydrogen-bond donors (Lipinski definition) is 1. The Bertz CT molecular complexity index is 1290. The van der Waals surface area contributed by atoms with Crippen molar-refractivity contribution in [1.82, 2.24) is 19.8 Å². The van der Waals surface area contributed by atoms with Crippen LogP contribution in [-0.2, 0) is 32.4 Å². The maximum atomic E-state index is 14.6. The molecule has 1 fully saturated rings. The number of carbonyl (C=O) groups excluding carboxylic acids is 1. The lowest BCUT2D eigenvalue weighted by molar-refractivity contribution is -0.0635. The molecule has 204 valence electrons. The van der Waals surface area contributed by atoms with E-state index >= 15 is 0 Å². The Morgan fingerprint density at radius 3 is 2.57 bits per heavy atom. The first kappa shape index (κ1) is 27.3. The number of amides is 1. The Morgan fingerprint density at radius 2 is 1.95 bits per heavy atom. The third-order valence-corrected chi connectivity index (χ3v) is 7.09. The molecule has 3 atom stereocenters. The second kappa shape index (κ2) is 9.87. The standard InChI is InChI=1S/C23H28F4N4O5S/c1-23(2,3)36-22(32)29-16-8-13(11-35-19(16)14-7-12(24)5-6-15(14)25)30-9-17-18(10-30)31(20(26)27)21(28-17)37(4,33)34/h5-7,13,16,19-20H,8-11H2,1-4H3,(H,29,32)/t13-,16+,19-/m1/s1.